The Hall–Kier alpha value is -1.59. The third-order valence-corrected chi connectivity index (χ3v) is 5.84. The second-order valence-corrected chi connectivity index (χ2v) is 7.70. The first-order valence-corrected chi connectivity index (χ1v) is 9.49. The number of rotatable bonds is 5. The summed E-state index contributed by atoms with van der Waals surface area (Å²) in [6.07, 6.45) is 4.95. The molecular weight excluding hydrogens is 316 g/mol. The van der Waals surface area contributed by atoms with Gasteiger partial charge in [0.2, 0.25) is 5.91 Å². The summed E-state index contributed by atoms with van der Waals surface area (Å²) in [5.41, 5.74) is 0.975. The number of hydrogen-bond donors (Lipinski definition) is 1. The van der Waals surface area contributed by atoms with Gasteiger partial charge in [0.15, 0.2) is 0 Å². The van der Waals surface area contributed by atoms with Gasteiger partial charge in [-0.1, -0.05) is 18.2 Å². The van der Waals surface area contributed by atoms with E-state index in [0.717, 1.165) is 69.7 Å². The van der Waals surface area contributed by atoms with E-state index in [1.807, 2.05) is 18.2 Å². The molecule has 1 N–H and O–H groups in total. The standard InChI is InChI=1S/C20H28N2O3/c1-24-13-12-22-10-8-20(9-11-22)14-17(21-19(23)15-6-7-15)16-4-2-3-5-18(16)25-20/h2-5,15,17H,6-14H2,1H3,(H,21,23)/t17-/m0/s1. The van der Waals surface area contributed by atoms with Crippen LogP contribution in [0.5, 0.6) is 5.75 Å². The van der Waals surface area contributed by atoms with E-state index in [0.29, 0.717) is 0 Å². The van der Waals surface area contributed by atoms with E-state index in [1.54, 1.807) is 7.11 Å². The second-order valence-electron chi connectivity index (χ2n) is 7.70. The molecule has 4 rings (SSSR count). The first-order valence-electron chi connectivity index (χ1n) is 9.49. The van der Waals surface area contributed by atoms with Gasteiger partial charge in [-0.2, -0.15) is 0 Å². The van der Waals surface area contributed by atoms with Crippen molar-refractivity contribution in [3.8, 4) is 5.75 Å². The summed E-state index contributed by atoms with van der Waals surface area (Å²) in [5, 5.41) is 3.30. The molecule has 0 radical (unpaired) electrons. The molecule has 2 aliphatic heterocycles. The maximum atomic E-state index is 12.4. The number of nitrogens with zero attached hydrogens (tertiary/aromatic N) is 1. The number of benzene rings is 1. The Morgan fingerprint density at radius 1 is 1.32 bits per heavy atom. The van der Waals surface area contributed by atoms with Gasteiger partial charge < -0.3 is 19.7 Å². The molecule has 0 unspecified atom stereocenters. The summed E-state index contributed by atoms with van der Waals surface area (Å²) in [4.78, 5) is 14.8. The topological polar surface area (TPSA) is 50.8 Å². The Kier molecular flexibility index (Phi) is 4.69. The van der Waals surface area contributed by atoms with E-state index in [1.165, 1.54) is 0 Å². The minimum atomic E-state index is -0.153. The van der Waals surface area contributed by atoms with Crippen LogP contribution in [-0.4, -0.2) is 49.8 Å². The second kappa shape index (κ2) is 6.96. The van der Waals surface area contributed by atoms with Crippen molar-refractivity contribution >= 4 is 5.91 Å². The molecule has 1 aliphatic carbocycles. The quantitative estimate of drug-likeness (QED) is 0.892. The van der Waals surface area contributed by atoms with E-state index in [-0.39, 0.29) is 23.5 Å². The first-order chi connectivity index (χ1) is 12.2. The fraction of sp³-hybridized carbons (Fsp3) is 0.650. The lowest BCUT2D eigenvalue weighted by Crippen LogP contribution is -2.52. The predicted octanol–water partition coefficient (Wildman–Crippen LogP) is 2.52. The molecule has 2 fully saturated rings. The Labute approximate surface area is 149 Å². The number of likely N-dealkylation sites (tertiary alicyclic amines) is 1. The minimum Gasteiger partial charge on any atom is -0.487 e. The maximum absolute atomic E-state index is 12.4. The fourth-order valence-electron chi connectivity index (χ4n) is 4.09. The van der Waals surface area contributed by atoms with Crippen LogP contribution in [0.4, 0.5) is 0 Å². The summed E-state index contributed by atoms with van der Waals surface area (Å²) in [5.74, 6) is 1.40. The predicted molar refractivity (Wildman–Crippen MR) is 95.6 cm³/mol. The number of para-hydroxylation sites is 1. The first kappa shape index (κ1) is 16.9. The van der Waals surface area contributed by atoms with Crippen LogP contribution >= 0.6 is 0 Å². The van der Waals surface area contributed by atoms with Crippen molar-refractivity contribution in [3.05, 3.63) is 29.8 Å². The minimum absolute atomic E-state index is 0.0728. The van der Waals surface area contributed by atoms with Crippen LogP contribution in [-0.2, 0) is 9.53 Å². The van der Waals surface area contributed by atoms with Crippen LogP contribution in [0.15, 0.2) is 24.3 Å². The number of carbonyl (C=O) groups is 1. The highest BCUT2D eigenvalue weighted by Crippen LogP contribution is 2.44. The molecule has 3 aliphatic rings. The summed E-state index contributed by atoms with van der Waals surface area (Å²) in [7, 11) is 1.75. The molecule has 1 saturated heterocycles. The van der Waals surface area contributed by atoms with Gasteiger partial charge in [0.25, 0.3) is 0 Å². The Balaban J connectivity index is 1.48. The van der Waals surface area contributed by atoms with Gasteiger partial charge in [0, 0.05) is 44.6 Å². The lowest BCUT2D eigenvalue weighted by Gasteiger charge is -2.47. The van der Waals surface area contributed by atoms with Crippen LogP contribution in [0.2, 0.25) is 0 Å². The molecular formula is C20H28N2O3. The van der Waals surface area contributed by atoms with E-state index in [2.05, 4.69) is 16.3 Å². The normalized spacial score (nSPS) is 25.2. The van der Waals surface area contributed by atoms with Gasteiger partial charge in [0.1, 0.15) is 11.4 Å². The maximum Gasteiger partial charge on any atom is 0.223 e. The summed E-state index contributed by atoms with van der Waals surface area (Å²) >= 11 is 0. The SMILES string of the molecule is COCCN1CCC2(CC1)C[C@H](NC(=O)C1CC1)c1ccccc1O2. The van der Waals surface area contributed by atoms with Crippen LogP contribution in [0.3, 0.4) is 0 Å². The number of hydrogen-bond acceptors (Lipinski definition) is 4. The fourth-order valence-corrected chi connectivity index (χ4v) is 4.09. The molecule has 1 saturated carbocycles. The number of nitrogens with one attached hydrogen (secondary N) is 1. The largest absolute Gasteiger partial charge is 0.487 e. The zero-order chi connectivity index (χ0) is 17.3. The monoisotopic (exact) mass is 344 g/mol. The molecule has 2 heterocycles. The lowest BCUT2D eigenvalue weighted by molar-refractivity contribution is -0.124. The number of piperidine rings is 1. The molecule has 136 valence electrons. The van der Waals surface area contributed by atoms with Crippen LogP contribution in [0.1, 0.15) is 43.7 Å². The molecule has 0 bridgehead atoms. The van der Waals surface area contributed by atoms with E-state index < -0.39 is 0 Å². The van der Waals surface area contributed by atoms with Crippen molar-refractivity contribution in [2.45, 2.75) is 43.7 Å². The zero-order valence-electron chi connectivity index (χ0n) is 15.0. The Morgan fingerprint density at radius 3 is 2.80 bits per heavy atom. The van der Waals surface area contributed by atoms with Crippen molar-refractivity contribution in [2.24, 2.45) is 5.92 Å². The van der Waals surface area contributed by atoms with Crippen molar-refractivity contribution < 1.29 is 14.3 Å². The van der Waals surface area contributed by atoms with Gasteiger partial charge in [0.05, 0.1) is 12.6 Å². The van der Waals surface area contributed by atoms with E-state index in [4.69, 9.17) is 9.47 Å². The molecule has 1 amide bonds. The van der Waals surface area contributed by atoms with Crippen molar-refractivity contribution in [2.75, 3.05) is 33.4 Å². The van der Waals surface area contributed by atoms with Crippen LogP contribution < -0.4 is 10.1 Å². The highest BCUT2D eigenvalue weighted by atomic mass is 16.5. The molecule has 0 aromatic heterocycles. The molecule has 1 aromatic rings. The smallest absolute Gasteiger partial charge is 0.223 e. The van der Waals surface area contributed by atoms with Crippen molar-refractivity contribution in [1.29, 1.82) is 0 Å². The van der Waals surface area contributed by atoms with Crippen LogP contribution in [0.25, 0.3) is 0 Å². The Morgan fingerprint density at radius 2 is 2.08 bits per heavy atom. The summed E-state index contributed by atoms with van der Waals surface area (Å²) in [6.45, 7) is 3.80. The van der Waals surface area contributed by atoms with Gasteiger partial charge in [-0.25, -0.2) is 0 Å². The molecule has 5 nitrogen and oxygen atoms in total. The molecule has 1 atom stereocenters. The van der Waals surface area contributed by atoms with Gasteiger partial charge in [-0.15, -0.1) is 0 Å². The summed E-state index contributed by atoms with van der Waals surface area (Å²) < 4.78 is 11.7. The molecule has 1 spiro atoms. The van der Waals surface area contributed by atoms with Crippen molar-refractivity contribution in [3.63, 3.8) is 0 Å². The van der Waals surface area contributed by atoms with Gasteiger partial charge in [-0.05, 0) is 31.7 Å². The van der Waals surface area contributed by atoms with E-state index in [9.17, 15) is 4.79 Å². The van der Waals surface area contributed by atoms with Crippen molar-refractivity contribution in [1.82, 2.24) is 10.2 Å². The van der Waals surface area contributed by atoms with Crippen LogP contribution in [0, 0.1) is 5.92 Å². The number of ether oxygens (including phenoxy) is 2. The highest BCUT2D eigenvalue weighted by molar-refractivity contribution is 5.81. The molecule has 1 aromatic carbocycles. The third-order valence-electron chi connectivity index (χ3n) is 5.84. The highest BCUT2D eigenvalue weighted by Gasteiger charge is 2.44. The van der Waals surface area contributed by atoms with Gasteiger partial charge >= 0.3 is 0 Å². The number of carbonyl (C=O) groups excluding carboxylic acids is 1. The third kappa shape index (κ3) is 3.67. The number of amides is 1. The van der Waals surface area contributed by atoms with Gasteiger partial charge in [-0.3, -0.25) is 4.79 Å². The lowest BCUT2D eigenvalue weighted by atomic mass is 9.80. The Bertz CT molecular complexity index is 621. The summed E-state index contributed by atoms with van der Waals surface area (Å²) in [6, 6.07) is 8.26. The average Bonchev–Trinajstić information content (AvgIpc) is 3.46. The van der Waals surface area contributed by atoms with E-state index >= 15 is 0 Å². The zero-order valence-corrected chi connectivity index (χ0v) is 15.0. The number of fused-ring (bicyclic) bond motifs is 1. The average molecular weight is 344 g/mol. The molecule has 25 heavy (non-hydrogen) atoms. The molecule has 5 heteroatoms. The number of methoxy groups -OCH3 is 1.